The molecule has 1 aliphatic carbocycles. The number of halogens is 2. The highest BCUT2D eigenvalue weighted by molar-refractivity contribution is 14.0. The fourth-order valence-electron chi connectivity index (χ4n) is 2.98. The summed E-state index contributed by atoms with van der Waals surface area (Å²) in [5.41, 5.74) is 4.09. The summed E-state index contributed by atoms with van der Waals surface area (Å²) >= 11 is 0. The van der Waals surface area contributed by atoms with Crippen molar-refractivity contribution in [3.63, 3.8) is 0 Å². The zero-order chi connectivity index (χ0) is 14.7. The normalized spacial score (nSPS) is 15.9. The van der Waals surface area contributed by atoms with E-state index < -0.39 is 0 Å². The fourth-order valence-corrected chi connectivity index (χ4v) is 2.98. The average Bonchev–Trinajstić information content (AvgIpc) is 3.00. The minimum atomic E-state index is 0. The van der Waals surface area contributed by atoms with Crippen LogP contribution in [0.3, 0.4) is 0 Å². The molecule has 0 spiro atoms. The molecule has 130 valence electrons. The van der Waals surface area contributed by atoms with E-state index in [0.29, 0.717) is 6.61 Å². The van der Waals surface area contributed by atoms with Crippen LogP contribution >= 0.6 is 48.0 Å². The molecule has 0 radical (unpaired) electrons. The quantitative estimate of drug-likeness (QED) is 0.581. The van der Waals surface area contributed by atoms with Crippen LogP contribution in [0.15, 0.2) is 17.1 Å². The molecule has 1 aliphatic heterocycles. The van der Waals surface area contributed by atoms with Crippen LogP contribution < -0.4 is 10.1 Å². The molecule has 1 heterocycles. The lowest BCUT2D eigenvalue weighted by Crippen LogP contribution is -2.23. The van der Waals surface area contributed by atoms with Gasteiger partial charge < -0.3 is 15.0 Å². The van der Waals surface area contributed by atoms with Gasteiger partial charge in [0.2, 0.25) is 0 Å². The van der Waals surface area contributed by atoms with E-state index in [9.17, 15) is 0 Å². The number of nitrogens with zero attached hydrogens (tertiary/aromatic N) is 2. The van der Waals surface area contributed by atoms with Gasteiger partial charge in [-0.3, -0.25) is 4.99 Å². The first kappa shape index (κ1) is 21.0. The van der Waals surface area contributed by atoms with Gasteiger partial charge in [-0.05, 0) is 63.0 Å². The van der Waals surface area contributed by atoms with Crippen molar-refractivity contribution in [1.29, 1.82) is 0 Å². The second kappa shape index (κ2) is 10.0. The molecule has 0 saturated carbocycles. The second-order valence-electron chi connectivity index (χ2n) is 6.13. The summed E-state index contributed by atoms with van der Waals surface area (Å²) in [5, 5.41) is 3.38. The van der Waals surface area contributed by atoms with E-state index in [1.807, 2.05) is 0 Å². The number of amidine groups is 1. The number of aryl methyl sites for hydroxylation is 2. The Hall–Kier alpha value is -0.0900. The number of aliphatic imine (C=N–C) groups is 1. The van der Waals surface area contributed by atoms with Crippen LogP contribution in [0.1, 0.15) is 29.5 Å². The third-order valence-corrected chi connectivity index (χ3v) is 4.17. The maximum Gasteiger partial charge on any atom is 0.132 e. The van der Waals surface area contributed by atoms with Crippen molar-refractivity contribution in [3.05, 3.63) is 28.8 Å². The van der Waals surface area contributed by atoms with Crippen molar-refractivity contribution < 1.29 is 4.74 Å². The van der Waals surface area contributed by atoms with Crippen LogP contribution in [-0.4, -0.2) is 51.1 Å². The Kier molecular flexibility index (Phi) is 9.13. The van der Waals surface area contributed by atoms with Crippen LogP contribution in [0.5, 0.6) is 5.75 Å². The summed E-state index contributed by atoms with van der Waals surface area (Å²) in [4.78, 5) is 6.72. The first-order valence-electron chi connectivity index (χ1n) is 7.96. The second-order valence-corrected chi connectivity index (χ2v) is 6.13. The minimum Gasteiger partial charge on any atom is -0.491 e. The first-order valence-corrected chi connectivity index (χ1v) is 7.96. The van der Waals surface area contributed by atoms with E-state index in [1.54, 1.807) is 0 Å². The number of nitrogens with one attached hydrogen (secondary N) is 1. The molecule has 0 atom stereocenters. The van der Waals surface area contributed by atoms with Crippen molar-refractivity contribution in [2.24, 2.45) is 4.99 Å². The highest BCUT2D eigenvalue weighted by Crippen LogP contribution is 2.30. The van der Waals surface area contributed by atoms with E-state index in [1.165, 1.54) is 36.8 Å². The lowest BCUT2D eigenvalue weighted by molar-refractivity contribution is 0.260. The molecule has 1 N–H and O–H groups in total. The highest BCUT2D eigenvalue weighted by Gasteiger charge is 2.19. The van der Waals surface area contributed by atoms with Crippen LogP contribution in [0.25, 0.3) is 0 Å². The minimum absolute atomic E-state index is 0. The van der Waals surface area contributed by atoms with Gasteiger partial charge in [-0.2, -0.15) is 0 Å². The Labute approximate surface area is 173 Å². The Morgan fingerprint density at radius 2 is 1.83 bits per heavy atom. The van der Waals surface area contributed by atoms with E-state index in [0.717, 1.165) is 36.8 Å². The van der Waals surface area contributed by atoms with E-state index in [4.69, 9.17) is 4.74 Å². The van der Waals surface area contributed by atoms with Gasteiger partial charge in [0.25, 0.3) is 0 Å². The summed E-state index contributed by atoms with van der Waals surface area (Å²) in [6.45, 7) is 3.44. The molecule has 0 aromatic heterocycles. The Morgan fingerprint density at radius 3 is 2.43 bits per heavy atom. The number of hydrogen-bond acceptors (Lipinski definition) is 4. The van der Waals surface area contributed by atoms with E-state index in [-0.39, 0.29) is 48.0 Å². The predicted octanol–water partition coefficient (Wildman–Crippen LogP) is 3.09. The number of likely N-dealkylation sites (N-methyl/N-ethyl adjacent to an activating group) is 1. The van der Waals surface area contributed by atoms with Gasteiger partial charge >= 0.3 is 0 Å². The molecule has 6 heteroatoms. The van der Waals surface area contributed by atoms with Crippen LogP contribution in [0, 0.1) is 0 Å². The molecular formula is C17H27I2N3O. The Morgan fingerprint density at radius 1 is 1.13 bits per heavy atom. The van der Waals surface area contributed by atoms with Gasteiger partial charge in [-0.15, -0.1) is 48.0 Å². The molecule has 23 heavy (non-hydrogen) atoms. The molecule has 3 rings (SSSR count). The van der Waals surface area contributed by atoms with Gasteiger partial charge in [-0.1, -0.05) is 0 Å². The van der Waals surface area contributed by atoms with Crippen molar-refractivity contribution in [1.82, 2.24) is 10.2 Å². The smallest absolute Gasteiger partial charge is 0.132 e. The standard InChI is InChI=1S/C17H25N3O.2HI/c1-20(2)9-10-21-16-12-14-6-4-3-5-13(14)11-15(16)17-18-7-8-19-17;;/h11-12H,3-10H2,1-2H3,(H,18,19);2*1H. The van der Waals surface area contributed by atoms with Gasteiger partial charge in [0, 0.05) is 13.1 Å². The van der Waals surface area contributed by atoms with Gasteiger partial charge in [0.05, 0.1) is 12.1 Å². The van der Waals surface area contributed by atoms with Crippen molar-refractivity contribution in [2.75, 3.05) is 40.3 Å². The summed E-state index contributed by atoms with van der Waals surface area (Å²) in [6, 6.07) is 4.55. The third kappa shape index (κ3) is 5.45. The van der Waals surface area contributed by atoms with E-state index in [2.05, 4.69) is 41.4 Å². The fraction of sp³-hybridized carbons (Fsp3) is 0.588. The molecule has 4 nitrogen and oxygen atoms in total. The third-order valence-electron chi connectivity index (χ3n) is 4.17. The maximum atomic E-state index is 6.06. The lowest BCUT2D eigenvalue weighted by atomic mass is 9.89. The van der Waals surface area contributed by atoms with E-state index >= 15 is 0 Å². The molecule has 2 aliphatic rings. The predicted molar refractivity (Wildman–Crippen MR) is 117 cm³/mol. The number of hydrogen-bond donors (Lipinski definition) is 1. The zero-order valence-corrected chi connectivity index (χ0v) is 18.6. The number of rotatable bonds is 5. The Balaban J connectivity index is 0.00000132. The molecule has 0 fully saturated rings. The lowest BCUT2D eigenvalue weighted by Gasteiger charge is -2.21. The number of ether oxygens (including phenoxy) is 1. The van der Waals surface area contributed by atoms with Gasteiger partial charge in [0.1, 0.15) is 18.2 Å². The molecule has 0 saturated heterocycles. The van der Waals surface area contributed by atoms with Crippen LogP contribution in [0.4, 0.5) is 0 Å². The van der Waals surface area contributed by atoms with Crippen LogP contribution in [-0.2, 0) is 12.8 Å². The molecule has 0 unspecified atom stereocenters. The monoisotopic (exact) mass is 543 g/mol. The maximum absolute atomic E-state index is 6.06. The summed E-state index contributed by atoms with van der Waals surface area (Å²) in [5.74, 6) is 1.99. The van der Waals surface area contributed by atoms with Gasteiger partial charge in [-0.25, -0.2) is 0 Å². The number of fused-ring (bicyclic) bond motifs is 1. The zero-order valence-electron chi connectivity index (χ0n) is 13.9. The highest BCUT2D eigenvalue weighted by atomic mass is 127. The SMILES string of the molecule is CN(C)CCOc1cc2c(cc1C1=NCCN1)CCCC2.I.I. The van der Waals surface area contributed by atoms with Crippen molar-refractivity contribution in [2.45, 2.75) is 25.7 Å². The molecule has 0 bridgehead atoms. The Bertz CT molecular complexity index is 547. The van der Waals surface area contributed by atoms with Crippen molar-refractivity contribution >= 4 is 53.8 Å². The topological polar surface area (TPSA) is 36.9 Å². The molecule has 1 aromatic rings. The average molecular weight is 543 g/mol. The molecule has 0 amide bonds. The molecular weight excluding hydrogens is 516 g/mol. The summed E-state index contributed by atoms with van der Waals surface area (Å²) < 4.78 is 6.06. The van der Waals surface area contributed by atoms with Gasteiger partial charge in [0.15, 0.2) is 0 Å². The van der Waals surface area contributed by atoms with Crippen LogP contribution in [0.2, 0.25) is 0 Å². The molecule has 1 aromatic carbocycles. The summed E-state index contributed by atoms with van der Waals surface area (Å²) in [7, 11) is 4.14. The summed E-state index contributed by atoms with van der Waals surface area (Å²) in [6.07, 6.45) is 4.96. The largest absolute Gasteiger partial charge is 0.491 e. The number of benzene rings is 1. The first-order chi connectivity index (χ1) is 10.2. The van der Waals surface area contributed by atoms with Crippen molar-refractivity contribution in [3.8, 4) is 5.75 Å².